The first kappa shape index (κ1) is 64.4. The number of aliphatic hydroxyl groups excluding tert-OH is 1. The van der Waals surface area contributed by atoms with Gasteiger partial charge in [0, 0.05) is 41.4 Å². The molecule has 23 nitrogen and oxygen atoms in total. The summed E-state index contributed by atoms with van der Waals surface area (Å²) in [7, 11) is 5.62. The van der Waals surface area contributed by atoms with Crippen LogP contribution in [0.5, 0.6) is 11.5 Å². The van der Waals surface area contributed by atoms with Gasteiger partial charge < -0.3 is 74.6 Å². The van der Waals surface area contributed by atoms with E-state index in [1.807, 2.05) is 19.0 Å². The number of halogens is 1. The molecule has 0 radical (unpaired) electrons. The zero-order valence-electron chi connectivity index (χ0n) is 44.9. The Morgan fingerprint density at radius 2 is 1.15 bits per heavy atom. The average Bonchev–Trinajstić information content (AvgIpc) is 3.47. The van der Waals surface area contributed by atoms with Crippen LogP contribution in [0.15, 0.2) is 97.1 Å². The maximum absolute atomic E-state index is 14.8. The molecule has 0 bridgehead atoms. The summed E-state index contributed by atoms with van der Waals surface area (Å²) in [5.74, 6) is -8.66. The van der Waals surface area contributed by atoms with Gasteiger partial charge in [-0.15, -0.1) is 0 Å². The van der Waals surface area contributed by atoms with Crippen LogP contribution >= 0.6 is 33.2 Å². The number of nitrogens with two attached hydrogens (primary N) is 3. The maximum Gasteiger partial charge on any atom is 0.248 e. The molecule has 26 heteroatoms. The number of primary amides is 2. The number of carbonyl (C=O) groups is 9. The highest BCUT2D eigenvalue weighted by Gasteiger charge is 2.36. The van der Waals surface area contributed by atoms with Gasteiger partial charge in [0.1, 0.15) is 53.8 Å². The van der Waals surface area contributed by atoms with E-state index in [2.05, 4.69) is 37.2 Å². The number of phenols is 2. The number of unbranched alkanes of at least 4 members (excludes halogenated alkanes) is 1. The molecule has 0 spiro atoms. The molecule has 2 unspecified atom stereocenters. The van der Waals surface area contributed by atoms with Crippen LogP contribution in [0.4, 0.5) is 0 Å². The predicted octanol–water partition coefficient (Wildman–Crippen LogP) is -0.165. The van der Waals surface area contributed by atoms with Crippen LogP contribution in [0, 0.1) is 0 Å². The van der Waals surface area contributed by atoms with Gasteiger partial charge in [0.15, 0.2) is 0 Å². The zero-order chi connectivity index (χ0) is 59.3. The fraction of sp³-hybridized carbons (Fsp3) is 0.400. The lowest BCUT2D eigenvalue weighted by molar-refractivity contribution is -0.136. The van der Waals surface area contributed by atoms with Gasteiger partial charge in [0.05, 0.1) is 12.1 Å². The Morgan fingerprint density at radius 3 is 1.69 bits per heavy atom. The van der Waals surface area contributed by atoms with Gasteiger partial charge in [-0.1, -0.05) is 81.7 Å². The average molecular weight is 1180 g/mol. The first-order chi connectivity index (χ1) is 38.4. The summed E-state index contributed by atoms with van der Waals surface area (Å²) in [4.78, 5) is 128. The molecule has 1 aliphatic heterocycles. The quantitative estimate of drug-likeness (QED) is 0.0404. The van der Waals surface area contributed by atoms with Crippen LogP contribution in [0.2, 0.25) is 5.02 Å². The van der Waals surface area contributed by atoms with Crippen molar-refractivity contribution >= 4 is 86.4 Å². The molecule has 1 aliphatic rings. The van der Waals surface area contributed by atoms with Crippen molar-refractivity contribution in [2.24, 2.45) is 17.2 Å². The number of aromatic hydroxyl groups is 2. The van der Waals surface area contributed by atoms with Gasteiger partial charge in [-0.25, -0.2) is 0 Å². The van der Waals surface area contributed by atoms with E-state index >= 15 is 0 Å². The predicted molar refractivity (Wildman–Crippen MR) is 307 cm³/mol. The zero-order valence-corrected chi connectivity index (χ0v) is 47.3. The van der Waals surface area contributed by atoms with Crippen molar-refractivity contribution < 1.29 is 58.5 Å². The number of aliphatic hydroxyl groups is 1. The van der Waals surface area contributed by atoms with E-state index < -0.39 is 108 Å². The molecule has 5 rings (SSSR count). The first-order valence-corrected chi connectivity index (χ1v) is 28.8. The molecule has 9 amide bonds. The fourth-order valence-electron chi connectivity index (χ4n) is 8.32. The summed E-state index contributed by atoms with van der Waals surface area (Å²) in [5.41, 5.74) is 19.8. The second-order valence-electron chi connectivity index (χ2n) is 19.8. The van der Waals surface area contributed by atoms with Crippen molar-refractivity contribution in [3.8, 4) is 11.5 Å². The molecule has 9 atom stereocenters. The number of rotatable bonds is 20. The molecule has 0 aliphatic carbocycles. The summed E-state index contributed by atoms with van der Waals surface area (Å²) in [6, 6.07) is 12.4. The van der Waals surface area contributed by atoms with E-state index in [0.29, 0.717) is 46.7 Å². The van der Waals surface area contributed by atoms with Crippen molar-refractivity contribution in [3.63, 3.8) is 0 Å². The second kappa shape index (κ2) is 31.5. The summed E-state index contributed by atoms with van der Waals surface area (Å²) in [6.07, 6.45) is -1.24. The summed E-state index contributed by atoms with van der Waals surface area (Å²) < 4.78 is 0. The summed E-state index contributed by atoms with van der Waals surface area (Å²) in [6.45, 7) is 1.82. The second-order valence-corrected chi connectivity index (χ2v) is 22.8. The SMILES string of the molecule is CC(O)C1NC(=O)[C@H](CCCCN(C)C)NC(=O)[C@@H](Cc2ccc(C(N)=O)cc2)NC(=O)[C@H](Cc2ccc(O)cc2)NC(=O)[C@H](NC(=O)[C@@H](N)Cc2ccc(Cl)cc2)CSSC[C@@H](C(=O)N[C@H](Cc2ccc(O)cc2)C(N)=O)NC1=O. The van der Waals surface area contributed by atoms with Crippen LogP contribution in [0.25, 0.3) is 0 Å². The van der Waals surface area contributed by atoms with Gasteiger partial charge in [0.2, 0.25) is 53.2 Å². The number of nitrogens with zero attached hydrogens (tertiary/aromatic N) is 1. The van der Waals surface area contributed by atoms with Crippen molar-refractivity contribution in [1.82, 2.24) is 42.1 Å². The van der Waals surface area contributed by atoms with E-state index in [-0.39, 0.29) is 60.7 Å². The van der Waals surface area contributed by atoms with Crippen molar-refractivity contribution in [2.75, 3.05) is 32.1 Å². The Morgan fingerprint density at radius 1 is 0.654 bits per heavy atom. The highest BCUT2D eigenvalue weighted by atomic mass is 35.5. The first-order valence-electron chi connectivity index (χ1n) is 25.9. The van der Waals surface area contributed by atoms with Crippen LogP contribution in [0.3, 0.4) is 0 Å². The van der Waals surface area contributed by atoms with Gasteiger partial charge in [-0.3, -0.25) is 43.2 Å². The highest BCUT2D eigenvalue weighted by Crippen LogP contribution is 2.24. The van der Waals surface area contributed by atoms with E-state index in [9.17, 15) is 58.5 Å². The molecule has 1 heterocycles. The summed E-state index contributed by atoms with van der Waals surface area (Å²) in [5, 5.41) is 50.0. The Labute approximate surface area is 481 Å². The Hall–Kier alpha value is -7.42. The normalized spacial score (nSPS) is 20.9. The Bertz CT molecular complexity index is 2820. The smallest absolute Gasteiger partial charge is 0.248 e. The van der Waals surface area contributed by atoms with Crippen molar-refractivity contribution in [1.29, 1.82) is 0 Å². The lowest BCUT2D eigenvalue weighted by Crippen LogP contribution is -2.62. The third kappa shape index (κ3) is 21.2. The molecule has 436 valence electrons. The van der Waals surface area contributed by atoms with Gasteiger partial charge in [-0.05, 0) is 124 Å². The minimum absolute atomic E-state index is 0.00202. The molecule has 4 aromatic carbocycles. The molecular formula is C55H70ClN11O12S2. The molecule has 81 heavy (non-hydrogen) atoms. The van der Waals surface area contributed by atoms with Gasteiger partial charge in [-0.2, -0.15) is 0 Å². The number of phenolic OH excluding ortho intramolecular Hbond substituents is 2. The minimum atomic E-state index is -1.75. The molecule has 0 aromatic heterocycles. The summed E-state index contributed by atoms with van der Waals surface area (Å²) >= 11 is 6.08. The number of carbonyl (C=O) groups excluding carboxylic acids is 9. The third-order valence-electron chi connectivity index (χ3n) is 12.9. The fourth-order valence-corrected chi connectivity index (χ4v) is 10.8. The standard InChI is InChI=1S/C55H70ClN11O12S2/c1-30(68)46-55(79)65-45(53(77)61-41(48(59)72)25-33-11-19-37(69)20-12-33)29-81-80-28-44(64-49(73)39(57)24-31-9-17-36(56)18-10-31)54(78)63-43(27-34-13-21-38(70)22-14-34)52(76)62-42(26-32-7-15-35(16-8-32)47(58)71)51(75)60-40(50(74)66-46)6-4-5-23-67(2)3/h7-22,30,39-46,68-70H,4-6,23-29,57H2,1-3H3,(H2,58,71)(H2,59,72)(H,60,75)(H,61,77)(H,62,76)(H,63,78)(H,64,73)(H,65,79)(H,66,74)/t30?,39-,40-,41+,42+,43-,44+,45-,46?/m0/s1. The Balaban J connectivity index is 1.58. The number of hydrogen-bond acceptors (Lipinski definition) is 16. The minimum Gasteiger partial charge on any atom is -0.508 e. The molecule has 0 saturated carbocycles. The van der Waals surface area contributed by atoms with Gasteiger partial charge >= 0.3 is 0 Å². The molecule has 16 N–H and O–H groups in total. The maximum atomic E-state index is 14.8. The number of nitrogens with one attached hydrogen (secondary N) is 7. The van der Waals surface area contributed by atoms with Crippen LogP contribution in [0.1, 0.15) is 58.8 Å². The van der Waals surface area contributed by atoms with Crippen molar-refractivity contribution in [3.05, 3.63) is 130 Å². The van der Waals surface area contributed by atoms with Gasteiger partial charge in [0.25, 0.3) is 0 Å². The number of hydrogen-bond donors (Lipinski definition) is 13. The lowest BCUT2D eigenvalue weighted by atomic mass is 10.00. The van der Waals surface area contributed by atoms with Crippen LogP contribution in [-0.2, 0) is 64.0 Å². The third-order valence-corrected chi connectivity index (χ3v) is 15.6. The molecule has 1 saturated heterocycles. The van der Waals surface area contributed by atoms with E-state index in [1.54, 1.807) is 24.3 Å². The molecule has 4 aromatic rings. The van der Waals surface area contributed by atoms with Crippen LogP contribution in [-0.4, -0.2) is 160 Å². The van der Waals surface area contributed by atoms with Crippen LogP contribution < -0.4 is 54.4 Å². The number of amides is 9. The van der Waals surface area contributed by atoms with E-state index in [0.717, 1.165) is 21.6 Å². The van der Waals surface area contributed by atoms with E-state index in [1.165, 1.54) is 79.7 Å². The van der Waals surface area contributed by atoms with Crippen molar-refractivity contribution in [2.45, 2.75) is 106 Å². The largest absolute Gasteiger partial charge is 0.508 e. The lowest BCUT2D eigenvalue weighted by Gasteiger charge is -2.29. The molecule has 1 fully saturated rings. The topological polar surface area (TPSA) is 380 Å². The monoisotopic (exact) mass is 1180 g/mol. The number of benzene rings is 4. The molecular weight excluding hydrogens is 1110 g/mol. The Kier molecular flexibility index (Phi) is 25.1. The van der Waals surface area contributed by atoms with E-state index in [4.69, 9.17) is 28.8 Å². The highest BCUT2D eigenvalue weighted by molar-refractivity contribution is 8.76.